The lowest BCUT2D eigenvalue weighted by Crippen LogP contribution is -2.41. The molecule has 2 fully saturated rings. The van der Waals surface area contributed by atoms with Crippen LogP contribution in [0.5, 0.6) is 0 Å². The molecule has 0 saturated carbocycles. The second kappa shape index (κ2) is 4.26. The number of ether oxygens (including phenoxy) is 1. The topological polar surface area (TPSA) is 99.1 Å². The van der Waals surface area contributed by atoms with Gasteiger partial charge in [-0.05, 0) is 0 Å². The molecule has 0 aromatic carbocycles. The van der Waals surface area contributed by atoms with Crippen molar-refractivity contribution in [2.24, 2.45) is 0 Å². The highest BCUT2D eigenvalue weighted by Gasteiger charge is 2.38. The minimum atomic E-state index is -0.950. The van der Waals surface area contributed by atoms with Crippen LogP contribution < -0.4 is 5.32 Å². The number of nitrogens with zero attached hydrogens (tertiary/aromatic N) is 1. The molecule has 3 atom stereocenters. The van der Waals surface area contributed by atoms with Crippen molar-refractivity contribution >= 4 is 12.1 Å². The third-order valence-electron chi connectivity index (χ3n) is 2.85. The molecule has 0 aromatic rings. The number of cyclic esters (lactones) is 1. The van der Waals surface area contributed by atoms with Gasteiger partial charge in [-0.1, -0.05) is 0 Å². The van der Waals surface area contributed by atoms with Gasteiger partial charge in [0.15, 0.2) is 0 Å². The van der Waals surface area contributed by atoms with Crippen LogP contribution in [0.15, 0.2) is 0 Å². The van der Waals surface area contributed by atoms with Crippen molar-refractivity contribution in [2.45, 2.75) is 24.7 Å². The van der Waals surface area contributed by atoms with Gasteiger partial charge in [0.25, 0.3) is 0 Å². The number of aliphatic hydroxyl groups is 1. The third-order valence-corrected chi connectivity index (χ3v) is 2.85. The van der Waals surface area contributed by atoms with E-state index in [1.54, 1.807) is 4.90 Å². The Labute approximate surface area is 92.0 Å². The molecule has 7 nitrogen and oxygen atoms in total. The van der Waals surface area contributed by atoms with Crippen molar-refractivity contribution in [1.29, 1.82) is 0 Å². The third kappa shape index (κ3) is 2.25. The quantitative estimate of drug-likeness (QED) is 0.552. The minimum Gasteiger partial charge on any atom is -0.480 e. The maximum absolute atomic E-state index is 10.9. The van der Waals surface area contributed by atoms with Crippen LogP contribution in [0.2, 0.25) is 0 Å². The molecule has 3 unspecified atom stereocenters. The standard InChI is InChI=1S/C9H14N2O5/c12-5-1-7(8(13)14)11(3-5)4-6-2-10-9(15)16-6/h5-7,12H,1-4H2,(H,10,15)(H,13,14). The van der Waals surface area contributed by atoms with Crippen molar-refractivity contribution in [3.05, 3.63) is 0 Å². The number of aliphatic hydroxyl groups excluding tert-OH is 1. The van der Waals surface area contributed by atoms with Gasteiger partial charge in [0.1, 0.15) is 12.1 Å². The lowest BCUT2D eigenvalue weighted by atomic mass is 10.2. The van der Waals surface area contributed by atoms with E-state index in [4.69, 9.17) is 9.84 Å². The van der Waals surface area contributed by atoms with E-state index in [0.717, 1.165) is 0 Å². The predicted molar refractivity (Wildman–Crippen MR) is 51.9 cm³/mol. The maximum Gasteiger partial charge on any atom is 0.407 e. The molecular formula is C9H14N2O5. The molecule has 2 aliphatic rings. The van der Waals surface area contributed by atoms with E-state index in [9.17, 15) is 14.7 Å². The number of rotatable bonds is 3. The SMILES string of the molecule is O=C1NCC(CN2CC(O)CC2C(=O)O)O1. The Morgan fingerprint density at radius 3 is 2.94 bits per heavy atom. The number of carboxylic acid groups (broad SMARTS) is 1. The van der Waals surface area contributed by atoms with Gasteiger partial charge in [0.05, 0.1) is 12.6 Å². The van der Waals surface area contributed by atoms with Crippen LogP contribution in [0.1, 0.15) is 6.42 Å². The number of carboxylic acids is 1. The second-order valence-corrected chi connectivity index (χ2v) is 4.11. The van der Waals surface area contributed by atoms with Crippen molar-refractivity contribution < 1.29 is 24.5 Å². The molecule has 2 heterocycles. The molecule has 0 bridgehead atoms. The number of carbonyl (C=O) groups is 2. The lowest BCUT2D eigenvalue weighted by molar-refractivity contribution is -0.142. The summed E-state index contributed by atoms with van der Waals surface area (Å²) < 4.78 is 4.92. The highest BCUT2D eigenvalue weighted by Crippen LogP contribution is 2.19. The summed E-state index contributed by atoms with van der Waals surface area (Å²) in [5.41, 5.74) is 0. The minimum absolute atomic E-state index is 0.226. The zero-order valence-electron chi connectivity index (χ0n) is 8.63. The maximum atomic E-state index is 10.9. The zero-order chi connectivity index (χ0) is 11.7. The molecule has 0 aromatic heterocycles. The highest BCUT2D eigenvalue weighted by molar-refractivity contribution is 5.74. The normalized spacial score (nSPS) is 34.8. The summed E-state index contributed by atoms with van der Waals surface area (Å²) in [7, 11) is 0. The molecule has 90 valence electrons. The van der Waals surface area contributed by atoms with Crippen LogP contribution in [0.4, 0.5) is 4.79 Å². The summed E-state index contributed by atoms with van der Waals surface area (Å²) in [4.78, 5) is 23.3. The Morgan fingerprint density at radius 1 is 1.62 bits per heavy atom. The first-order chi connectivity index (χ1) is 7.56. The number of aliphatic carboxylic acids is 1. The highest BCUT2D eigenvalue weighted by atomic mass is 16.6. The monoisotopic (exact) mass is 230 g/mol. The summed E-state index contributed by atoms with van der Waals surface area (Å²) in [5.74, 6) is -0.950. The van der Waals surface area contributed by atoms with Crippen molar-refractivity contribution in [2.75, 3.05) is 19.6 Å². The molecule has 0 radical (unpaired) electrons. The number of carbonyl (C=O) groups excluding carboxylic acids is 1. The molecule has 7 heteroatoms. The van der Waals surface area contributed by atoms with Crippen LogP contribution >= 0.6 is 0 Å². The Morgan fingerprint density at radius 2 is 2.38 bits per heavy atom. The number of amides is 1. The van der Waals surface area contributed by atoms with Crippen LogP contribution in [-0.4, -0.2) is 65.1 Å². The Bertz CT molecular complexity index is 308. The van der Waals surface area contributed by atoms with Gasteiger partial charge in [0.2, 0.25) is 0 Å². The second-order valence-electron chi connectivity index (χ2n) is 4.11. The number of hydrogen-bond acceptors (Lipinski definition) is 5. The van der Waals surface area contributed by atoms with E-state index >= 15 is 0 Å². The van der Waals surface area contributed by atoms with E-state index < -0.39 is 24.2 Å². The Hall–Kier alpha value is -1.34. The fraction of sp³-hybridized carbons (Fsp3) is 0.778. The van der Waals surface area contributed by atoms with Gasteiger partial charge in [-0.3, -0.25) is 9.69 Å². The summed E-state index contributed by atoms with van der Waals surface area (Å²) in [6.45, 7) is 1.04. The summed E-state index contributed by atoms with van der Waals surface area (Å²) in [6.07, 6.45) is -1.20. The molecule has 1 amide bonds. The van der Waals surface area contributed by atoms with E-state index in [2.05, 4.69) is 5.32 Å². The fourth-order valence-electron chi connectivity index (χ4n) is 2.13. The van der Waals surface area contributed by atoms with Gasteiger partial charge in [-0.25, -0.2) is 4.79 Å². The first-order valence-corrected chi connectivity index (χ1v) is 5.15. The molecule has 2 rings (SSSR count). The molecule has 3 N–H and O–H groups in total. The van der Waals surface area contributed by atoms with E-state index in [-0.39, 0.29) is 12.5 Å². The summed E-state index contributed by atoms with van der Waals surface area (Å²) in [6, 6.07) is -0.686. The van der Waals surface area contributed by atoms with Gasteiger partial charge in [-0.2, -0.15) is 0 Å². The van der Waals surface area contributed by atoms with E-state index in [1.807, 2.05) is 0 Å². The van der Waals surface area contributed by atoms with Crippen molar-refractivity contribution in [3.8, 4) is 0 Å². The number of likely N-dealkylation sites (tertiary alicyclic amines) is 1. The number of alkyl carbamates (subject to hydrolysis) is 1. The van der Waals surface area contributed by atoms with Crippen LogP contribution in [0.3, 0.4) is 0 Å². The van der Waals surface area contributed by atoms with Crippen LogP contribution in [0, 0.1) is 0 Å². The van der Waals surface area contributed by atoms with Crippen molar-refractivity contribution in [3.63, 3.8) is 0 Å². The Balaban J connectivity index is 1.92. The van der Waals surface area contributed by atoms with Gasteiger partial charge in [-0.15, -0.1) is 0 Å². The average Bonchev–Trinajstić information content (AvgIpc) is 2.74. The summed E-state index contributed by atoms with van der Waals surface area (Å²) in [5, 5.41) is 20.9. The van der Waals surface area contributed by atoms with Gasteiger partial charge >= 0.3 is 12.1 Å². The molecular weight excluding hydrogens is 216 g/mol. The van der Waals surface area contributed by atoms with Gasteiger partial charge < -0.3 is 20.3 Å². The predicted octanol–water partition coefficient (Wildman–Crippen LogP) is -1.39. The molecule has 2 saturated heterocycles. The number of β-amino-alcohol motifs (C(OH)–C–C–N with tert-alkyl or cyclic N) is 1. The number of hydrogen-bond donors (Lipinski definition) is 3. The van der Waals surface area contributed by atoms with Crippen LogP contribution in [0.25, 0.3) is 0 Å². The molecule has 16 heavy (non-hydrogen) atoms. The molecule has 0 spiro atoms. The number of nitrogens with one attached hydrogen (secondary N) is 1. The van der Waals surface area contributed by atoms with E-state index in [0.29, 0.717) is 19.6 Å². The average molecular weight is 230 g/mol. The van der Waals surface area contributed by atoms with Crippen LogP contribution in [-0.2, 0) is 9.53 Å². The van der Waals surface area contributed by atoms with Gasteiger partial charge in [0, 0.05) is 19.5 Å². The van der Waals surface area contributed by atoms with Crippen molar-refractivity contribution in [1.82, 2.24) is 10.2 Å². The zero-order valence-corrected chi connectivity index (χ0v) is 8.63. The Kier molecular flexibility index (Phi) is 2.97. The first kappa shape index (κ1) is 11.2. The van der Waals surface area contributed by atoms with E-state index in [1.165, 1.54) is 0 Å². The fourth-order valence-corrected chi connectivity index (χ4v) is 2.13. The summed E-state index contributed by atoms with van der Waals surface area (Å²) >= 11 is 0. The lowest BCUT2D eigenvalue weighted by Gasteiger charge is -2.22. The largest absolute Gasteiger partial charge is 0.480 e. The molecule has 0 aliphatic carbocycles. The first-order valence-electron chi connectivity index (χ1n) is 5.15. The molecule has 2 aliphatic heterocycles. The smallest absolute Gasteiger partial charge is 0.407 e.